The van der Waals surface area contributed by atoms with E-state index in [2.05, 4.69) is 4.74 Å². The number of nitrogens with zero attached hydrogens (tertiary/aromatic N) is 1. The molecule has 0 aliphatic heterocycles. The molecule has 0 radical (unpaired) electrons. The number of rotatable bonds is 6. The maximum Gasteiger partial charge on any atom is 0.573 e. The lowest BCUT2D eigenvalue weighted by atomic mass is 9.84. The van der Waals surface area contributed by atoms with Crippen LogP contribution in [-0.2, 0) is 4.79 Å². The topological polar surface area (TPSA) is 88.8 Å². The van der Waals surface area contributed by atoms with Gasteiger partial charge in [0.2, 0.25) is 0 Å². The Morgan fingerprint density at radius 3 is 2.24 bits per heavy atom. The van der Waals surface area contributed by atoms with E-state index in [9.17, 15) is 33.0 Å². The van der Waals surface area contributed by atoms with Crippen molar-refractivity contribution < 1.29 is 42.1 Å². The number of halogens is 4. The van der Waals surface area contributed by atoms with Gasteiger partial charge in [-0.25, -0.2) is 4.39 Å². The van der Waals surface area contributed by atoms with Gasteiger partial charge in [0.1, 0.15) is 5.75 Å². The molecule has 0 bridgehead atoms. The summed E-state index contributed by atoms with van der Waals surface area (Å²) in [6.45, 7) is 4.92. The van der Waals surface area contributed by atoms with Crippen LogP contribution in [0, 0.1) is 18.7 Å². The third-order valence-corrected chi connectivity index (χ3v) is 5.66. The number of hydrogen-bond acceptors (Lipinski definition) is 4. The Labute approximate surface area is 186 Å². The Morgan fingerprint density at radius 1 is 1.12 bits per heavy atom. The summed E-state index contributed by atoms with van der Waals surface area (Å²) in [7, 11) is 0. The zero-order chi connectivity index (χ0) is 24.7. The first-order valence-corrected chi connectivity index (χ1v) is 10.0. The number of alkyl halides is 3. The van der Waals surface area contributed by atoms with Crippen LogP contribution in [0.1, 0.15) is 47.8 Å². The van der Waals surface area contributed by atoms with Crippen molar-refractivity contribution in [2.24, 2.45) is 5.92 Å². The largest absolute Gasteiger partial charge is 0.573 e. The Kier molecular flexibility index (Phi) is 6.40. The predicted molar refractivity (Wildman–Crippen MR) is 111 cm³/mol. The van der Waals surface area contributed by atoms with Gasteiger partial charge in [-0.1, -0.05) is 20.3 Å². The lowest BCUT2D eigenvalue weighted by Gasteiger charge is -2.20. The first-order chi connectivity index (χ1) is 15.4. The van der Waals surface area contributed by atoms with Gasteiger partial charge in [0, 0.05) is 16.6 Å². The van der Waals surface area contributed by atoms with E-state index in [1.165, 1.54) is 13.0 Å². The quantitative estimate of drug-likeness (QED) is 0.461. The molecule has 1 heterocycles. The Bertz CT molecular complexity index is 1210. The first-order valence-electron chi connectivity index (χ1n) is 10.0. The molecule has 0 fully saturated rings. The highest BCUT2D eigenvalue weighted by Gasteiger charge is 2.35. The number of aliphatic carboxylic acids is 1. The van der Waals surface area contributed by atoms with E-state index in [1.807, 2.05) is 0 Å². The van der Waals surface area contributed by atoms with E-state index in [0.29, 0.717) is 6.42 Å². The minimum Gasteiger partial charge on any atom is -0.505 e. The highest BCUT2D eigenvalue weighted by atomic mass is 19.4. The van der Waals surface area contributed by atoms with Crippen molar-refractivity contribution in [3.63, 3.8) is 0 Å². The number of carbonyl (C=O) groups is 2. The van der Waals surface area contributed by atoms with Crippen LogP contribution < -0.4 is 4.74 Å². The Balaban J connectivity index is 2.22. The van der Waals surface area contributed by atoms with Crippen molar-refractivity contribution in [1.29, 1.82) is 0 Å². The number of aromatic hydroxyl groups is 1. The smallest absolute Gasteiger partial charge is 0.505 e. The number of carboxylic acids is 1. The SMILES string of the molecule is CC[C@@H](C)C(C(=O)O)c1c(C)n(C(=O)c2ccc(OC(F)(F)F)cc2)c2ccc(O)c(F)c12. The van der Waals surface area contributed by atoms with E-state index in [4.69, 9.17) is 0 Å². The molecule has 0 saturated carbocycles. The summed E-state index contributed by atoms with van der Waals surface area (Å²) < 4.78 is 57.1. The van der Waals surface area contributed by atoms with Crippen molar-refractivity contribution in [1.82, 2.24) is 4.57 Å². The van der Waals surface area contributed by atoms with E-state index < -0.39 is 47.4 Å². The van der Waals surface area contributed by atoms with Crippen LogP contribution in [0.4, 0.5) is 17.6 Å². The number of ether oxygens (including phenoxy) is 1. The van der Waals surface area contributed by atoms with Crippen LogP contribution in [0.15, 0.2) is 36.4 Å². The van der Waals surface area contributed by atoms with Crippen LogP contribution in [0.5, 0.6) is 11.5 Å². The van der Waals surface area contributed by atoms with Crippen LogP contribution >= 0.6 is 0 Å². The zero-order valence-corrected chi connectivity index (χ0v) is 17.9. The van der Waals surface area contributed by atoms with E-state index in [1.54, 1.807) is 13.8 Å². The molecule has 0 saturated heterocycles. The van der Waals surface area contributed by atoms with Crippen molar-refractivity contribution in [3.8, 4) is 11.5 Å². The second-order valence-corrected chi connectivity index (χ2v) is 7.71. The summed E-state index contributed by atoms with van der Waals surface area (Å²) >= 11 is 0. The molecule has 3 rings (SSSR count). The normalized spacial score (nSPS) is 13.7. The minimum absolute atomic E-state index is 0.0278. The lowest BCUT2D eigenvalue weighted by Crippen LogP contribution is -2.21. The fourth-order valence-corrected chi connectivity index (χ4v) is 3.94. The molecule has 2 atom stereocenters. The number of aromatic nitrogens is 1. The van der Waals surface area contributed by atoms with Gasteiger partial charge < -0.3 is 14.9 Å². The van der Waals surface area contributed by atoms with Crippen molar-refractivity contribution in [2.45, 2.75) is 39.5 Å². The van der Waals surface area contributed by atoms with Gasteiger partial charge in [0.05, 0.1) is 11.4 Å². The van der Waals surface area contributed by atoms with Gasteiger partial charge in [0.15, 0.2) is 11.6 Å². The number of carbonyl (C=O) groups excluding carboxylic acids is 1. The fraction of sp³-hybridized carbons (Fsp3) is 0.304. The molecule has 33 heavy (non-hydrogen) atoms. The molecule has 2 aromatic carbocycles. The van der Waals surface area contributed by atoms with E-state index in [-0.39, 0.29) is 27.7 Å². The monoisotopic (exact) mass is 467 g/mol. The van der Waals surface area contributed by atoms with Crippen molar-refractivity contribution >= 4 is 22.8 Å². The molecule has 0 aliphatic rings. The fourth-order valence-electron chi connectivity index (χ4n) is 3.94. The molecule has 1 aromatic heterocycles. The molecule has 0 spiro atoms. The van der Waals surface area contributed by atoms with Gasteiger partial charge in [-0.3, -0.25) is 14.2 Å². The van der Waals surface area contributed by atoms with Gasteiger partial charge in [-0.2, -0.15) is 0 Å². The molecular weight excluding hydrogens is 446 g/mol. The summed E-state index contributed by atoms with van der Waals surface area (Å²) in [5.41, 5.74) is 0.224. The average molecular weight is 467 g/mol. The third-order valence-electron chi connectivity index (χ3n) is 5.66. The Hall–Kier alpha value is -3.56. The van der Waals surface area contributed by atoms with Gasteiger partial charge in [0.25, 0.3) is 5.91 Å². The van der Waals surface area contributed by atoms with Crippen LogP contribution in [0.3, 0.4) is 0 Å². The number of hydrogen-bond donors (Lipinski definition) is 2. The standard InChI is InChI=1S/C23H21F4NO5/c1-4-11(2)17(22(31)32)18-12(3)28(15-9-10-16(29)20(24)19(15)18)21(30)13-5-7-14(8-6-13)33-23(25,26)27/h5-11,17,29H,4H2,1-3H3,(H,31,32)/t11-,17?/m1/s1. The average Bonchev–Trinajstić information content (AvgIpc) is 3.02. The number of carboxylic acid groups (broad SMARTS) is 1. The molecule has 3 aromatic rings. The molecule has 0 amide bonds. The number of fused-ring (bicyclic) bond motifs is 1. The highest BCUT2D eigenvalue weighted by molar-refractivity contribution is 6.05. The lowest BCUT2D eigenvalue weighted by molar-refractivity contribution is -0.274. The van der Waals surface area contributed by atoms with Crippen LogP contribution in [0.25, 0.3) is 10.9 Å². The summed E-state index contributed by atoms with van der Waals surface area (Å²) in [4.78, 5) is 25.4. The molecule has 0 aliphatic carbocycles. The molecule has 6 nitrogen and oxygen atoms in total. The van der Waals surface area contributed by atoms with Crippen LogP contribution in [0.2, 0.25) is 0 Å². The maximum atomic E-state index is 15.0. The molecule has 1 unspecified atom stereocenters. The third kappa shape index (κ3) is 4.50. The molecule has 2 N–H and O–H groups in total. The van der Waals surface area contributed by atoms with Gasteiger partial charge >= 0.3 is 12.3 Å². The predicted octanol–water partition coefficient (Wildman–Crippen LogP) is 5.60. The molecule has 10 heteroatoms. The van der Waals surface area contributed by atoms with Gasteiger partial charge in [-0.05, 0) is 54.8 Å². The second kappa shape index (κ2) is 8.76. The summed E-state index contributed by atoms with van der Waals surface area (Å²) in [5, 5.41) is 19.6. The summed E-state index contributed by atoms with van der Waals surface area (Å²) in [6.07, 6.45) is -4.44. The minimum atomic E-state index is -4.89. The Morgan fingerprint density at radius 2 is 1.73 bits per heavy atom. The van der Waals surface area contributed by atoms with E-state index >= 15 is 4.39 Å². The molecular formula is C23H21F4NO5. The van der Waals surface area contributed by atoms with Crippen molar-refractivity contribution in [2.75, 3.05) is 0 Å². The van der Waals surface area contributed by atoms with E-state index in [0.717, 1.165) is 34.9 Å². The number of phenolic OH excluding ortho intramolecular Hbond substituents is 1. The first kappa shape index (κ1) is 24.1. The summed E-state index contributed by atoms with van der Waals surface area (Å²) in [5.74, 6) is -5.78. The summed E-state index contributed by atoms with van der Waals surface area (Å²) in [6, 6.07) is 6.51. The van der Waals surface area contributed by atoms with Gasteiger partial charge in [-0.15, -0.1) is 13.2 Å². The maximum absolute atomic E-state index is 15.0. The highest BCUT2D eigenvalue weighted by Crippen LogP contribution is 2.40. The molecule has 176 valence electrons. The zero-order valence-electron chi connectivity index (χ0n) is 17.9. The number of phenols is 1. The second-order valence-electron chi connectivity index (χ2n) is 7.71. The van der Waals surface area contributed by atoms with Crippen molar-refractivity contribution in [3.05, 3.63) is 59.0 Å². The van der Waals surface area contributed by atoms with Crippen LogP contribution in [-0.4, -0.2) is 33.0 Å². The number of benzene rings is 2.